The van der Waals surface area contributed by atoms with Crippen LogP contribution in [0.1, 0.15) is 28.8 Å². The van der Waals surface area contributed by atoms with E-state index in [-0.39, 0.29) is 18.5 Å². The zero-order valence-electron chi connectivity index (χ0n) is 13.5. The molecule has 7 heteroatoms. The lowest BCUT2D eigenvalue weighted by atomic mass is 10.1. The van der Waals surface area contributed by atoms with Gasteiger partial charge in [-0.3, -0.25) is 19.4 Å². The van der Waals surface area contributed by atoms with Crippen molar-refractivity contribution in [2.75, 3.05) is 5.32 Å². The van der Waals surface area contributed by atoms with Crippen molar-refractivity contribution in [2.45, 2.75) is 25.4 Å². The summed E-state index contributed by atoms with van der Waals surface area (Å²) in [5.74, 6) is -1.86. The summed E-state index contributed by atoms with van der Waals surface area (Å²) in [6, 6.07) is 10.4. The highest BCUT2D eigenvalue weighted by Crippen LogP contribution is 2.21. The van der Waals surface area contributed by atoms with Crippen LogP contribution in [0, 0.1) is 0 Å². The summed E-state index contributed by atoms with van der Waals surface area (Å²) >= 11 is 0. The van der Waals surface area contributed by atoms with E-state index in [2.05, 4.69) is 20.9 Å². The third-order valence-corrected chi connectivity index (χ3v) is 3.71. The maximum Gasteiger partial charge on any atom is 0.313 e. The fraction of sp³-hybridized carbons (Fsp3) is 0.222. The predicted molar refractivity (Wildman–Crippen MR) is 91.6 cm³/mol. The Hall–Kier alpha value is -3.22. The third kappa shape index (κ3) is 4.63. The maximum absolute atomic E-state index is 12.2. The van der Waals surface area contributed by atoms with E-state index in [1.54, 1.807) is 48.8 Å². The van der Waals surface area contributed by atoms with Crippen LogP contribution in [-0.2, 0) is 16.1 Å². The number of aromatic nitrogens is 1. The molecule has 7 nitrogen and oxygen atoms in total. The second-order valence-corrected chi connectivity index (χ2v) is 5.79. The van der Waals surface area contributed by atoms with Gasteiger partial charge in [0.1, 0.15) is 0 Å². The first-order valence-electron chi connectivity index (χ1n) is 8.01. The molecule has 1 aliphatic rings. The van der Waals surface area contributed by atoms with Crippen molar-refractivity contribution < 1.29 is 14.4 Å². The van der Waals surface area contributed by atoms with Gasteiger partial charge in [-0.2, -0.15) is 0 Å². The molecule has 0 bridgehead atoms. The number of para-hydroxylation sites is 1. The van der Waals surface area contributed by atoms with Crippen LogP contribution in [0.2, 0.25) is 0 Å². The van der Waals surface area contributed by atoms with E-state index in [0.29, 0.717) is 11.3 Å². The molecule has 1 aromatic heterocycles. The number of rotatable bonds is 5. The van der Waals surface area contributed by atoms with Gasteiger partial charge >= 0.3 is 11.8 Å². The Balaban J connectivity index is 1.60. The summed E-state index contributed by atoms with van der Waals surface area (Å²) in [5, 5.41) is 7.87. The number of carbonyl (C=O) groups excluding carboxylic acids is 3. The summed E-state index contributed by atoms with van der Waals surface area (Å²) in [4.78, 5) is 40.2. The molecule has 0 saturated heterocycles. The number of pyridine rings is 1. The monoisotopic (exact) mass is 338 g/mol. The van der Waals surface area contributed by atoms with Crippen molar-refractivity contribution in [2.24, 2.45) is 0 Å². The number of carbonyl (C=O) groups is 3. The summed E-state index contributed by atoms with van der Waals surface area (Å²) in [6.07, 6.45) is 5.17. The minimum absolute atomic E-state index is 0.198. The molecule has 0 aliphatic heterocycles. The van der Waals surface area contributed by atoms with Gasteiger partial charge in [-0.1, -0.05) is 18.2 Å². The van der Waals surface area contributed by atoms with Gasteiger partial charge in [0, 0.05) is 25.0 Å². The molecule has 0 atom stereocenters. The number of benzene rings is 1. The summed E-state index contributed by atoms with van der Waals surface area (Å²) in [7, 11) is 0. The quantitative estimate of drug-likeness (QED) is 0.714. The van der Waals surface area contributed by atoms with Gasteiger partial charge in [0.15, 0.2) is 0 Å². The van der Waals surface area contributed by atoms with Gasteiger partial charge in [0.25, 0.3) is 5.91 Å². The standard InChI is InChI=1S/C18H18N4O3/c23-16(21-13-7-8-13)14-5-1-2-6-15(14)22-18(25)17(24)20-11-12-4-3-9-19-10-12/h1-6,9-10,13H,7-8,11H2,(H,20,24)(H,21,23)(H,22,25). The molecule has 0 radical (unpaired) electrons. The Bertz CT molecular complexity index is 788. The highest BCUT2D eigenvalue weighted by molar-refractivity contribution is 6.40. The van der Waals surface area contributed by atoms with E-state index in [4.69, 9.17) is 0 Å². The summed E-state index contributed by atoms with van der Waals surface area (Å²) in [6.45, 7) is 0.198. The smallest absolute Gasteiger partial charge is 0.313 e. The minimum Gasteiger partial charge on any atom is -0.349 e. The van der Waals surface area contributed by atoms with Crippen LogP contribution >= 0.6 is 0 Å². The van der Waals surface area contributed by atoms with E-state index >= 15 is 0 Å². The lowest BCUT2D eigenvalue weighted by Gasteiger charge is -2.11. The molecule has 3 rings (SSSR count). The third-order valence-electron chi connectivity index (χ3n) is 3.71. The van der Waals surface area contributed by atoms with Crippen LogP contribution in [0.4, 0.5) is 5.69 Å². The Morgan fingerprint density at radius 1 is 1.04 bits per heavy atom. The predicted octanol–water partition coefficient (Wildman–Crippen LogP) is 1.23. The van der Waals surface area contributed by atoms with E-state index in [9.17, 15) is 14.4 Å². The Kier molecular flexibility index (Phi) is 5.03. The van der Waals surface area contributed by atoms with Gasteiger partial charge in [0.05, 0.1) is 11.3 Å². The first-order chi connectivity index (χ1) is 12.1. The number of nitrogens with one attached hydrogen (secondary N) is 3. The van der Waals surface area contributed by atoms with E-state index < -0.39 is 11.8 Å². The Labute approximate surface area is 144 Å². The van der Waals surface area contributed by atoms with Crippen molar-refractivity contribution in [1.82, 2.24) is 15.6 Å². The normalized spacial score (nSPS) is 13.0. The van der Waals surface area contributed by atoms with Crippen LogP contribution in [0.15, 0.2) is 48.8 Å². The Morgan fingerprint density at radius 2 is 1.84 bits per heavy atom. The zero-order chi connectivity index (χ0) is 17.6. The zero-order valence-corrected chi connectivity index (χ0v) is 13.5. The van der Waals surface area contributed by atoms with Crippen LogP contribution in [-0.4, -0.2) is 28.7 Å². The molecule has 1 aromatic carbocycles. The molecule has 2 aromatic rings. The highest BCUT2D eigenvalue weighted by Gasteiger charge is 2.25. The fourth-order valence-corrected chi connectivity index (χ4v) is 2.23. The highest BCUT2D eigenvalue weighted by atomic mass is 16.2. The molecule has 1 aliphatic carbocycles. The van der Waals surface area contributed by atoms with Crippen molar-refractivity contribution >= 4 is 23.4 Å². The molecule has 3 N–H and O–H groups in total. The van der Waals surface area contributed by atoms with Gasteiger partial charge in [0.2, 0.25) is 0 Å². The molecule has 128 valence electrons. The maximum atomic E-state index is 12.2. The fourth-order valence-electron chi connectivity index (χ4n) is 2.23. The van der Waals surface area contributed by atoms with Gasteiger partial charge < -0.3 is 16.0 Å². The van der Waals surface area contributed by atoms with Crippen LogP contribution in [0.3, 0.4) is 0 Å². The van der Waals surface area contributed by atoms with Crippen molar-refractivity contribution in [3.8, 4) is 0 Å². The molecule has 25 heavy (non-hydrogen) atoms. The second-order valence-electron chi connectivity index (χ2n) is 5.79. The van der Waals surface area contributed by atoms with Crippen molar-refractivity contribution in [3.63, 3.8) is 0 Å². The first-order valence-corrected chi connectivity index (χ1v) is 8.01. The van der Waals surface area contributed by atoms with Crippen molar-refractivity contribution in [1.29, 1.82) is 0 Å². The molecule has 0 spiro atoms. The molecule has 1 saturated carbocycles. The summed E-state index contributed by atoms with van der Waals surface area (Å²) in [5.41, 5.74) is 1.43. The molecular weight excluding hydrogens is 320 g/mol. The number of hydrogen-bond donors (Lipinski definition) is 3. The van der Waals surface area contributed by atoms with Gasteiger partial charge in [-0.25, -0.2) is 0 Å². The number of hydrogen-bond acceptors (Lipinski definition) is 4. The average Bonchev–Trinajstić information content (AvgIpc) is 3.45. The molecule has 1 heterocycles. The lowest BCUT2D eigenvalue weighted by Crippen LogP contribution is -2.35. The lowest BCUT2D eigenvalue weighted by molar-refractivity contribution is -0.136. The van der Waals surface area contributed by atoms with E-state index in [1.807, 2.05) is 0 Å². The van der Waals surface area contributed by atoms with Gasteiger partial charge in [-0.05, 0) is 36.6 Å². The second kappa shape index (κ2) is 7.57. The van der Waals surface area contributed by atoms with E-state index in [0.717, 1.165) is 18.4 Å². The summed E-state index contributed by atoms with van der Waals surface area (Å²) < 4.78 is 0. The number of nitrogens with zero attached hydrogens (tertiary/aromatic N) is 1. The molecule has 1 fully saturated rings. The minimum atomic E-state index is -0.824. The van der Waals surface area contributed by atoms with Crippen LogP contribution < -0.4 is 16.0 Å². The van der Waals surface area contributed by atoms with Crippen LogP contribution in [0.5, 0.6) is 0 Å². The SMILES string of the molecule is O=C(NCc1cccnc1)C(=O)Nc1ccccc1C(=O)NC1CC1. The van der Waals surface area contributed by atoms with E-state index in [1.165, 1.54) is 0 Å². The molecular formula is C18H18N4O3. The largest absolute Gasteiger partial charge is 0.349 e. The van der Waals surface area contributed by atoms with Gasteiger partial charge in [-0.15, -0.1) is 0 Å². The molecule has 0 unspecified atom stereocenters. The topological polar surface area (TPSA) is 100 Å². The number of amides is 3. The Morgan fingerprint density at radius 3 is 2.56 bits per heavy atom. The van der Waals surface area contributed by atoms with Crippen molar-refractivity contribution in [3.05, 3.63) is 59.9 Å². The van der Waals surface area contributed by atoms with Crippen LogP contribution in [0.25, 0.3) is 0 Å². The first kappa shape index (κ1) is 16.6. The average molecular weight is 338 g/mol. The molecule has 3 amide bonds. The number of anilines is 1.